The van der Waals surface area contributed by atoms with Crippen LogP contribution in [0.15, 0.2) is 36.4 Å². The summed E-state index contributed by atoms with van der Waals surface area (Å²) in [5.41, 5.74) is -0.204. The number of alkyl carbamates (subject to hydrolysis) is 1. The van der Waals surface area contributed by atoms with Crippen molar-refractivity contribution in [2.75, 3.05) is 59.0 Å². The van der Waals surface area contributed by atoms with Crippen molar-refractivity contribution in [1.29, 1.82) is 0 Å². The van der Waals surface area contributed by atoms with Crippen LogP contribution < -0.4 is 15.4 Å². The summed E-state index contributed by atoms with van der Waals surface area (Å²) >= 11 is 0. The second kappa shape index (κ2) is 18.4. The minimum Gasteiger partial charge on any atom is -0.444 e. The Bertz CT molecular complexity index is 1910. The molecule has 4 fully saturated rings. The molecule has 0 radical (unpaired) electrons. The zero-order chi connectivity index (χ0) is 42.7. The van der Waals surface area contributed by atoms with E-state index in [4.69, 9.17) is 14.2 Å². The van der Waals surface area contributed by atoms with Gasteiger partial charge in [-0.25, -0.2) is 14.3 Å². The lowest BCUT2D eigenvalue weighted by molar-refractivity contribution is -0.141. The molecule has 0 bridgehead atoms. The van der Waals surface area contributed by atoms with E-state index in [1.165, 1.54) is 9.21 Å². The second-order valence-electron chi connectivity index (χ2n) is 17.9. The molecule has 5 aliphatic heterocycles. The number of rotatable bonds is 7. The average molecular weight is 856 g/mol. The summed E-state index contributed by atoms with van der Waals surface area (Å²) in [4.78, 5) is 75.9. The van der Waals surface area contributed by atoms with Crippen LogP contribution >= 0.6 is 0 Å². The molecule has 6 aliphatic rings. The number of nitrogens with one attached hydrogen (secondary N) is 3. The van der Waals surface area contributed by atoms with Crippen molar-refractivity contribution < 1.29 is 46.6 Å². The number of fused-ring (bicyclic) bond motifs is 3. The van der Waals surface area contributed by atoms with Gasteiger partial charge in [-0.1, -0.05) is 49.3 Å². The molecule has 3 N–H and O–H groups in total. The van der Waals surface area contributed by atoms with E-state index in [9.17, 15) is 32.4 Å². The van der Waals surface area contributed by atoms with Crippen LogP contribution in [0.3, 0.4) is 0 Å². The Labute approximate surface area is 353 Å². The maximum Gasteiger partial charge on any atom is 0.410 e. The minimum atomic E-state index is -4.16. The number of morpholine rings is 1. The third-order valence-electron chi connectivity index (χ3n) is 12.4. The monoisotopic (exact) mass is 855 g/mol. The zero-order valence-corrected chi connectivity index (χ0v) is 35.9. The van der Waals surface area contributed by atoms with Gasteiger partial charge < -0.3 is 29.7 Å². The number of amides is 5. The van der Waals surface area contributed by atoms with E-state index in [-0.39, 0.29) is 31.8 Å². The maximum absolute atomic E-state index is 14.6. The molecule has 6 atom stereocenters. The van der Waals surface area contributed by atoms with Gasteiger partial charge in [0.2, 0.25) is 11.8 Å². The maximum atomic E-state index is 14.6. The van der Waals surface area contributed by atoms with Gasteiger partial charge in [-0.2, -0.15) is 12.7 Å². The van der Waals surface area contributed by atoms with Crippen LogP contribution in [-0.4, -0.2) is 146 Å². The smallest absolute Gasteiger partial charge is 0.410 e. The number of benzene rings is 1. The van der Waals surface area contributed by atoms with Gasteiger partial charge in [0, 0.05) is 51.6 Å². The van der Waals surface area contributed by atoms with Crippen LogP contribution in [0.5, 0.6) is 0 Å². The molecular weight excluding hydrogens is 795 g/mol. The molecule has 1 aromatic carbocycles. The molecule has 1 saturated carbocycles. The summed E-state index contributed by atoms with van der Waals surface area (Å²) in [6.07, 6.45) is 6.66. The fourth-order valence-corrected chi connectivity index (χ4v) is 10.4. The minimum absolute atomic E-state index is 0.0781. The van der Waals surface area contributed by atoms with Crippen LogP contribution in [-0.2, 0) is 45.2 Å². The van der Waals surface area contributed by atoms with Crippen LogP contribution in [0.2, 0.25) is 0 Å². The van der Waals surface area contributed by atoms with Gasteiger partial charge in [0.25, 0.3) is 5.91 Å². The first-order valence-electron chi connectivity index (χ1n) is 21.6. The Balaban J connectivity index is 1.15. The molecule has 0 spiro atoms. The molecule has 18 heteroatoms. The van der Waals surface area contributed by atoms with Crippen molar-refractivity contribution in [3.63, 3.8) is 0 Å². The van der Waals surface area contributed by atoms with E-state index in [0.29, 0.717) is 71.5 Å². The highest BCUT2D eigenvalue weighted by Crippen LogP contribution is 2.46. The van der Waals surface area contributed by atoms with Crippen molar-refractivity contribution in [2.24, 2.45) is 5.92 Å². The third kappa shape index (κ3) is 10.3. The molecule has 1 aliphatic carbocycles. The number of carbonyl (C=O) groups is 5. The van der Waals surface area contributed by atoms with Crippen molar-refractivity contribution in [1.82, 2.24) is 34.4 Å². The summed E-state index contributed by atoms with van der Waals surface area (Å²) in [6, 6.07) is 5.51. The van der Waals surface area contributed by atoms with Crippen molar-refractivity contribution in [3.8, 4) is 0 Å². The SMILES string of the molecule is CC(C)(C)OC(=O)NC1CCCCC/C=C\C2CC2(C(=O)NS(=O)(=O)N2CCCC2)NC(=O)C2CC(OC(=O)N3CCc4ccccc4C3CN3CCOCC3)CN2C1=O. The highest BCUT2D eigenvalue weighted by Gasteiger charge is 2.62. The predicted octanol–water partition coefficient (Wildman–Crippen LogP) is 2.77. The first kappa shape index (κ1) is 43.8. The lowest BCUT2D eigenvalue weighted by Gasteiger charge is -2.40. The van der Waals surface area contributed by atoms with Gasteiger partial charge in [-0.05, 0) is 76.8 Å². The molecule has 5 heterocycles. The fourth-order valence-electron chi connectivity index (χ4n) is 9.12. The number of allylic oxidation sites excluding steroid dienone is 1. The number of ether oxygens (including phenoxy) is 3. The Morgan fingerprint density at radius 2 is 1.73 bits per heavy atom. The van der Waals surface area contributed by atoms with E-state index in [1.807, 2.05) is 30.4 Å². The number of nitrogens with zero attached hydrogens (tertiary/aromatic N) is 4. The third-order valence-corrected chi connectivity index (χ3v) is 13.9. The van der Waals surface area contributed by atoms with Gasteiger partial charge in [0.1, 0.15) is 29.3 Å². The van der Waals surface area contributed by atoms with Gasteiger partial charge in [-0.3, -0.25) is 24.2 Å². The standard InChI is InChI=1S/C42H61N7O10S/c1-41(2,3)59-39(53)43-33-16-8-6-4-5-7-14-30-26-42(30,38(52)45-60(55,56)47-18-11-12-19-47)44-36(50)34-25-31(27-49(34)37(33)51)58-40(54)48-20-17-29-13-9-10-15-32(29)35(48)28-46-21-23-57-24-22-46/h7,9-10,13-15,30-31,33-35H,4-6,8,11-12,16-28H2,1-3H3,(H,43,53)(H,44,50)(H,45,52)/b14-7-. The zero-order valence-electron chi connectivity index (χ0n) is 35.1. The molecule has 6 unspecified atom stereocenters. The summed E-state index contributed by atoms with van der Waals surface area (Å²) in [6.45, 7) is 9.28. The molecule has 1 aromatic rings. The topological polar surface area (TPSA) is 196 Å². The normalized spacial score (nSPS) is 30.1. The molecule has 5 amide bonds. The van der Waals surface area contributed by atoms with Gasteiger partial charge >= 0.3 is 22.4 Å². The van der Waals surface area contributed by atoms with Crippen LogP contribution in [0.4, 0.5) is 9.59 Å². The van der Waals surface area contributed by atoms with E-state index < -0.39 is 75.4 Å². The van der Waals surface area contributed by atoms with Gasteiger partial charge in [-0.15, -0.1) is 0 Å². The quantitative estimate of drug-likeness (QED) is 0.342. The summed E-state index contributed by atoms with van der Waals surface area (Å²) in [5.74, 6) is -2.56. The number of hydrogen-bond donors (Lipinski definition) is 3. The van der Waals surface area contributed by atoms with Gasteiger partial charge in [0.05, 0.1) is 25.8 Å². The Morgan fingerprint density at radius 1 is 0.983 bits per heavy atom. The van der Waals surface area contributed by atoms with Crippen molar-refractivity contribution >= 4 is 40.1 Å². The average Bonchev–Trinajstić information content (AvgIpc) is 3.50. The van der Waals surface area contributed by atoms with E-state index in [2.05, 4.69) is 26.3 Å². The molecule has 17 nitrogen and oxygen atoms in total. The molecule has 60 heavy (non-hydrogen) atoms. The molecular formula is C42H61N7O10S. The summed E-state index contributed by atoms with van der Waals surface area (Å²) in [7, 11) is -4.16. The fraction of sp³-hybridized carbons (Fsp3) is 0.690. The molecule has 3 saturated heterocycles. The van der Waals surface area contributed by atoms with E-state index in [0.717, 1.165) is 37.1 Å². The summed E-state index contributed by atoms with van der Waals surface area (Å²) in [5, 5.41) is 5.61. The number of carbonyl (C=O) groups excluding carboxylic acids is 5. The van der Waals surface area contributed by atoms with Crippen LogP contribution in [0, 0.1) is 5.92 Å². The lowest BCUT2D eigenvalue weighted by Crippen LogP contribution is -2.59. The molecule has 330 valence electrons. The van der Waals surface area contributed by atoms with E-state index >= 15 is 0 Å². The first-order valence-corrected chi connectivity index (χ1v) is 23.0. The largest absolute Gasteiger partial charge is 0.444 e. The van der Waals surface area contributed by atoms with Crippen molar-refractivity contribution in [3.05, 3.63) is 47.5 Å². The van der Waals surface area contributed by atoms with Gasteiger partial charge in [0.15, 0.2) is 0 Å². The van der Waals surface area contributed by atoms with E-state index in [1.54, 1.807) is 25.7 Å². The number of hydrogen-bond acceptors (Lipinski definition) is 11. The molecule has 7 rings (SSSR count). The Morgan fingerprint density at radius 3 is 2.48 bits per heavy atom. The highest BCUT2D eigenvalue weighted by molar-refractivity contribution is 7.87. The Hall–Kier alpha value is -4.26. The summed E-state index contributed by atoms with van der Waals surface area (Å²) < 4.78 is 47.3. The van der Waals surface area contributed by atoms with Crippen LogP contribution in [0.1, 0.15) is 95.7 Å². The first-order chi connectivity index (χ1) is 28.6. The second-order valence-corrected chi connectivity index (χ2v) is 19.6. The molecule has 0 aromatic heterocycles. The highest BCUT2D eigenvalue weighted by atomic mass is 32.2. The Kier molecular flexibility index (Phi) is 13.4. The van der Waals surface area contributed by atoms with Crippen LogP contribution in [0.25, 0.3) is 0 Å². The lowest BCUT2D eigenvalue weighted by atomic mass is 9.92. The van der Waals surface area contributed by atoms with Crippen molar-refractivity contribution in [2.45, 2.75) is 120 Å². The predicted molar refractivity (Wildman–Crippen MR) is 219 cm³/mol.